The highest BCUT2D eigenvalue weighted by Crippen LogP contribution is 2.32. The van der Waals surface area contributed by atoms with Gasteiger partial charge in [0.1, 0.15) is 5.75 Å². The van der Waals surface area contributed by atoms with Gasteiger partial charge in [0, 0.05) is 44.0 Å². The summed E-state index contributed by atoms with van der Waals surface area (Å²) in [5.74, 6) is 0.844. The molecule has 0 unspecified atom stereocenters. The molecule has 0 aliphatic carbocycles. The summed E-state index contributed by atoms with van der Waals surface area (Å²) in [6.07, 6.45) is 1.84. The Hall–Kier alpha value is -2.62. The van der Waals surface area contributed by atoms with Crippen molar-refractivity contribution in [3.05, 3.63) is 53.1 Å². The van der Waals surface area contributed by atoms with Gasteiger partial charge in [0.2, 0.25) is 0 Å². The summed E-state index contributed by atoms with van der Waals surface area (Å²) in [5.41, 5.74) is 2.19. The van der Waals surface area contributed by atoms with Crippen molar-refractivity contribution in [1.82, 2.24) is 4.90 Å². The molecule has 0 aromatic heterocycles. The molecule has 2 aromatic carbocycles. The smallest absolute Gasteiger partial charge is 0.264 e. The molecule has 210 valence electrons. The molecule has 0 bridgehead atoms. The Kier molecular flexibility index (Phi) is 10.6. The van der Waals surface area contributed by atoms with Crippen molar-refractivity contribution < 1.29 is 27.8 Å². The average Bonchev–Trinajstić information content (AvgIpc) is 2.91. The molecule has 0 radical (unpaired) electrons. The van der Waals surface area contributed by atoms with Crippen LogP contribution in [0.15, 0.2) is 41.3 Å². The molecule has 38 heavy (non-hydrogen) atoms. The number of sulfonamides is 1. The maximum absolute atomic E-state index is 13.9. The molecule has 0 saturated carbocycles. The lowest BCUT2D eigenvalue weighted by molar-refractivity contribution is 0.0494. The first-order chi connectivity index (χ1) is 18.1. The molecule has 9 heteroatoms. The van der Waals surface area contributed by atoms with Gasteiger partial charge in [0.15, 0.2) is 0 Å². The maximum Gasteiger partial charge on any atom is 0.264 e. The maximum atomic E-state index is 13.9. The summed E-state index contributed by atoms with van der Waals surface area (Å²) in [7, 11) is -3.96. The number of benzene rings is 2. The highest BCUT2D eigenvalue weighted by atomic mass is 32.2. The summed E-state index contributed by atoms with van der Waals surface area (Å²) in [6.45, 7) is 12.7. The molecule has 1 fully saturated rings. The number of carbonyl (C=O) groups excluding carboxylic acids is 1. The SMILES string of the molecule is CCN(CC)C(=O)c1ccc(N(CC(C)C)S(=O)(=O)c2ccc(OCC3CCOCC3)c(CO)c2)c(C)c1. The van der Waals surface area contributed by atoms with Gasteiger partial charge in [0.05, 0.1) is 23.8 Å². The Morgan fingerprint density at radius 1 is 1.11 bits per heavy atom. The molecular formula is C29H42N2O6S. The van der Waals surface area contributed by atoms with E-state index in [9.17, 15) is 18.3 Å². The quantitative estimate of drug-likeness (QED) is 0.417. The molecule has 2 aromatic rings. The van der Waals surface area contributed by atoms with Crippen molar-refractivity contribution in [3.8, 4) is 5.75 Å². The second kappa shape index (κ2) is 13.4. The second-order valence-corrected chi connectivity index (χ2v) is 12.1. The molecule has 1 heterocycles. The van der Waals surface area contributed by atoms with E-state index in [-0.39, 0.29) is 29.9 Å². The van der Waals surface area contributed by atoms with Crippen LogP contribution in [0.3, 0.4) is 0 Å². The highest BCUT2D eigenvalue weighted by Gasteiger charge is 2.28. The molecule has 1 saturated heterocycles. The van der Waals surface area contributed by atoms with Crippen LogP contribution in [0.1, 0.15) is 62.0 Å². The fourth-order valence-corrected chi connectivity index (χ4v) is 6.39. The van der Waals surface area contributed by atoms with Crippen molar-refractivity contribution in [3.63, 3.8) is 0 Å². The number of amides is 1. The lowest BCUT2D eigenvalue weighted by atomic mass is 10.0. The molecule has 3 rings (SSSR count). The standard InChI is InChI=1S/C29H42N2O6S/c1-6-30(7-2)29(33)24-8-10-27(22(5)16-24)31(18-21(3)4)38(34,35)26-9-11-28(25(17-26)19-32)37-20-23-12-14-36-15-13-23/h8-11,16-17,21,23,32H,6-7,12-15,18-20H2,1-5H3. The van der Waals surface area contributed by atoms with Crippen LogP contribution in [0.4, 0.5) is 5.69 Å². The minimum absolute atomic E-state index is 0.0561. The van der Waals surface area contributed by atoms with E-state index in [4.69, 9.17) is 9.47 Å². The van der Waals surface area contributed by atoms with Crippen molar-refractivity contribution in [1.29, 1.82) is 0 Å². The molecule has 8 nitrogen and oxygen atoms in total. The van der Waals surface area contributed by atoms with Crippen LogP contribution in [0.25, 0.3) is 0 Å². The van der Waals surface area contributed by atoms with Crippen LogP contribution in [0, 0.1) is 18.8 Å². The van der Waals surface area contributed by atoms with Gasteiger partial charge in [-0.15, -0.1) is 0 Å². The largest absolute Gasteiger partial charge is 0.493 e. The first-order valence-corrected chi connectivity index (χ1v) is 14.9. The van der Waals surface area contributed by atoms with E-state index >= 15 is 0 Å². The molecule has 1 N–H and O–H groups in total. The number of aliphatic hydroxyl groups is 1. The molecule has 1 aliphatic heterocycles. The van der Waals surface area contributed by atoms with Gasteiger partial charge >= 0.3 is 0 Å². The number of aliphatic hydroxyl groups excluding tert-OH is 1. The van der Waals surface area contributed by atoms with Gasteiger partial charge in [0.25, 0.3) is 15.9 Å². The van der Waals surface area contributed by atoms with E-state index in [1.54, 1.807) is 29.2 Å². The molecule has 1 amide bonds. The fourth-order valence-electron chi connectivity index (χ4n) is 4.65. The first-order valence-electron chi connectivity index (χ1n) is 13.5. The average molecular weight is 547 g/mol. The number of anilines is 1. The van der Waals surface area contributed by atoms with Gasteiger partial charge in [-0.05, 0) is 87.4 Å². The van der Waals surface area contributed by atoms with Crippen LogP contribution in [0.2, 0.25) is 0 Å². The number of nitrogens with zero attached hydrogens (tertiary/aromatic N) is 2. The Morgan fingerprint density at radius 2 is 1.79 bits per heavy atom. The summed E-state index contributed by atoms with van der Waals surface area (Å²) in [4.78, 5) is 14.7. The third kappa shape index (κ3) is 7.07. The van der Waals surface area contributed by atoms with E-state index in [0.717, 1.165) is 12.8 Å². The normalized spacial score (nSPS) is 14.5. The predicted molar refractivity (Wildman–Crippen MR) is 149 cm³/mol. The van der Waals surface area contributed by atoms with Crippen LogP contribution in [-0.4, -0.2) is 63.8 Å². The van der Waals surface area contributed by atoms with Crippen LogP contribution in [0.5, 0.6) is 5.75 Å². The summed E-state index contributed by atoms with van der Waals surface area (Å²) in [5, 5.41) is 10.0. The van der Waals surface area contributed by atoms with Crippen LogP contribution < -0.4 is 9.04 Å². The van der Waals surface area contributed by atoms with Gasteiger partial charge in [-0.3, -0.25) is 9.10 Å². The van der Waals surface area contributed by atoms with Crippen LogP contribution >= 0.6 is 0 Å². The van der Waals surface area contributed by atoms with E-state index in [0.29, 0.717) is 67.0 Å². The monoisotopic (exact) mass is 546 g/mol. The molecule has 0 atom stereocenters. The lowest BCUT2D eigenvalue weighted by Crippen LogP contribution is -2.35. The van der Waals surface area contributed by atoms with Crippen LogP contribution in [-0.2, 0) is 21.4 Å². The zero-order valence-corrected chi connectivity index (χ0v) is 24.1. The first kappa shape index (κ1) is 29.9. The zero-order valence-electron chi connectivity index (χ0n) is 23.3. The summed E-state index contributed by atoms with van der Waals surface area (Å²) >= 11 is 0. The van der Waals surface area contributed by atoms with Crippen molar-refractivity contribution in [2.24, 2.45) is 11.8 Å². The van der Waals surface area contributed by atoms with Crippen molar-refractivity contribution in [2.75, 3.05) is 43.8 Å². The molecule has 1 aliphatic rings. The van der Waals surface area contributed by atoms with Crippen molar-refractivity contribution in [2.45, 2.75) is 59.0 Å². The molecular weight excluding hydrogens is 504 g/mol. The second-order valence-electron chi connectivity index (χ2n) is 10.2. The topological polar surface area (TPSA) is 96.4 Å². The number of hydrogen-bond donors (Lipinski definition) is 1. The summed E-state index contributed by atoms with van der Waals surface area (Å²) in [6, 6.07) is 9.82. The molecule has 0 spiro atoms. The van der Waals surface area contributed by atoms with E-state index < -0.39 is 10.0 Å². The minimum atomic E-state index is -3.96. The fraction of sp³-hybridized carbons (Fsp3) is 0.552. The number of carbonyl (C=O) groups is 1. The van der Waals surface area contributed by atoms with Gasteiger partial charge in [-0.1, -0.05) is 13.8 Å². The Labute approximate surface area is 227 Å². The number of rotatable bonds is 12. The third-order valence-corrected chi connectivity index (χ3v) is 8.68. The van der Waals surface area contributed by atoms with Gasteiger partial charge in [-0.25, -0.2) is 8.42 Å². The summed E-state index contributed by atoms with van der Waals surface area (Å²) < 4.78 is 40.7. The van der Waals surface area contributed by atoms with E-state index in [1.807, 2.05) is 34.6 Å². The Morgan fingerprint density at radius 3 is 2.37 bits per heavy atom. The number of hydrogen-bond acceptors (Lipinski definition) is 6. The van der Waals surface area contributed by atoms with Gasteiger partial charge < -0.3 is 19.5 Å². The van der Waals surface area contributed by atoms with E-state index in [1.165, 1.54) is 16.4 Å². The van der Waals surface area contributed by atoms with Gasteiger partial charge in [-0.2, -0.15) is 0 Å². The highest BCUT2D eigenvalue weighted by molar-refractivity contribution is 7.92. The predicted octanol–water partition coefficient (Wildman–Crippen LogP) is 4.63. The Bertz CT molecular complexity index is 1190. The minimum Gasteiger partial charge on any atom is -0.493 e. The van der Waals surface area contributed by atoms with E-state index in [2.05, 4.69) is 0 Å². The zero-order chi connectivity index (χ0) is 27.9. The third-order valence-electron chi connectivity index (χ3n) is 6.90. The van der Waals surface area contributed by atoms with Crippen molar-refractivity contribution >= 4 is 21.6 Å². The number of aryl methyl sites for hydroxylation is 1. The lowest BCUT2D eigenvalue weighted by Gasteiger charge is -2.28. The Balaban J connectivity index is 1.92. The number of ether oxygens (including phenoxy) is 2.